The number of rotatable bonds is 9. The van der Waals surface area contributed by atoms with Gasteiger partial charge in [0.25, 0.3) is 5.91 Å². The van der Waals surface area contributed by atoms with Gasteiger partial charge in [-0.05, 0) is 30.5 Å². The van der Waals surface area contributed by atoms with Gasteiger partial charge in [-0.2, -0.15) is 4.99 Å². The van der Waals surface area contributed by atoms with Crippen molar-refractivity contribution < 1.29 is 23.6 Å². The minimum atomic E-state index is -0.942. The van der Waals surface area contributed by atoms with Crippen LogP contribution in [0, 0.1) is 11.6 Å². The molecule has 1 unspecified atom stereocenters. The van der Waals surface area contributed by atoms with Gasteiger partial charge in [0, 0.05) is 11.5 Å². The normalized spacial score (nSPS) is 13.1. The molecule has 0 aliphatic rings. The summed E-state index contributed by atoms with van der Waals surface area (Å²) in [4.78, 5) is 29.5. The molecule has 31 heavy (non-hydrogen) atoms. The van der Waals surface area contributed by atoms with Gasteiger partial charge < -0.3 is 10.5 Å². The minimum absolute atomic E-state index is 0.0142. The lowest BCUT2D eigenvalue weighted by Crippen LogP contribution is -2.41. The van der Waals surface area contributed by atoms with Gasteiger partial charge in [-0.25, -0.2) is 8.78 Å². The van der Waals surface area contributed by atoms with E-state index in [2.05, 4.69) is 22.0 Å². The molecule has 2 amide bonds. The Morgan fingerprint density at radius 2 is 2.00 bits per heavy atom. The smallest absolute Gasteiger partial charge is 0.271 e. The molecule has 2 N–H and O–H groups in total. The number of hydrogen-bond donors (Lipinski definition) is 2. The molecule has 0 spiro atoms. The summed E-state index contributed by atoms with van der Waals surface area (Å²) in [6.45, 7) is 9.39. The van der Waals surface area contributed by atoms with Crippen LogP contribution in [0.25, 0.3) is 0 Å². The summed E-state index contributed by atoms with van der Waals surface area (Å²) < 4.78 is 26.7. The monoisotopic (exact) mass is 452 g/mol. The Morgan fingerprint density at radius 3 is 2.58 bits per heavy atom. The number of amides is 2. The highest BCUT2D eigenvalue weighted by Gasteiger charge is 2.25. The molecule has 0 radical (unpaired) electrons. The average Bonchev–Trinajstić information content (AvgIpc) is 3.02. The van der Waals surface area contributed by atoms with E-state index in [1.54, 1.807) is 6.08 Å². The zero-order valence-corrected chi connectivity index (χ0v) is 18.5. The van der Waals surface area contributed by atoms with Crippen LogP contribution in [-0.4, -0.2) is 33.0 Å². The Morgan fingerprint density at radius 1 is 1.35 bits per heavy atom. The van der Waals surface area contributed by atoms with Gasteiger partial charge in [0.15, 0.2) is 0 Å². The molecular weight excluding hydrogens is 426 g/mol. The number of halogens is 2. The number of aromatic nitrogens is 2. The molecule has 10 heteroatoms. The molecule has 1 aromatic carbocycles. The molecule has 0 aliphatic heterocycles. The largest absolute Gasteiger partial charge is 0.409 e. The first-order valence-electron chi connectivity index (χ1n) is 9.79. The van der Waals surface area contributed by atoms with Gasteiger partial charge in [0.2, 0.25) is 10.7 Å². The van der Waals surface area contributed by atoms with Crippen LogP contribution < -0.4 is 10.1 Å². The molecule has 7 nitrogen and oxygen atoms in total. The van der Waals surface area contributed by atoms with Crippen LogP contribution in [0.3, 0.4) is 0 Å². The van der Waals surface area contributed by atoms with Gasteiger partial charge in [-0.15, -0.1) is 11.7 Å². The Balaban J connectivity index is 2.19. The number of nitrogens with one attached hydrogen (secondary N) is 1. The topological polar surface area (TPSA) is 96.6 Å². The standard InChI is InChI=1S/C21H26F2N4O3S/c1-5-7-16(24-17(28)11-13-9-14(22)12-15(23)10-13)18(29)25-20-27(30)26-19(31-20)21(3,4)8-6-2/h6,9-10,12,16,30H,2,5,7-8,11H2,1,3-4H3,(H,24,28). The van der Waals surface area contributed by atoms with E-state index >= 15 is 0 Å². The molecule has 0 fully saturated rings. The number of carbonyl (C=O) groups is 2. The van der Waals surface area contributed by atoms with Crippen LogP contribution in [0.2, 0.25) is 0 Å². The second-order valence-corrected chi connectivity index (χ2v) is 8.73. The van der Waals surface area contributed by atoms with Gasteiger partial charge in [-0.3, -0.25) is 9.59 Å². The summed E-state index contributed by atoms with van der Waals surface area (Å²) in [5.74, 6) is -2.79. The fourth-order valence-electron chi connectivity index (χ4n) is 2.93. The van der Waals surface area contributed by atoms with E-state index in [1.807, 2.05) is 20.8 Å². The molecule has 2 rings (SSSR count). The van der Waals surface area contributed by atoms with Crippen molar-refractivity contribution in [2.45, 2.75) is 57.9 Å². The van der Waals surface area contributed by atoms with E-state index in [-0.39, 0.29) is 16.8 Å². The molecule has 168 valence electrons. The second-order valence-electron chi connectivity index (χ2n) is 7.77. The maximum absolute atomic E-state index is 13.3. The first kappa shape index (κ1) is 24.4. The molecule has 1 aromatic heterocycles. The predicted molar refractivity (Wildman–Crippen MR) is 113 cm³/mol. The highest BCUT2D eigenvalue weighted by Crippen LogP contribution is 2.27. The molecule has 0 aliphatic carbocycles. The Bertz CT molecular complexity index is 1010. The lowest BCUT2D eigenvalue weighted by atomic mass is 9.90. The Labute approximate surface area is 183 Å². The van der Waals surface area contributed by atoms with Crippen molar-refractivity contribution in [3.8, 4) is 0 Å². The number of hydrogen-bond acceptors (Lipinski definition) is 5. The Kier molecular flexibility index (Phi) is 8.21. The third-order valence-electron chi connectivity index (χ3n) is 4.48. The van der Waals surface area contributed by atoms with Crippen LogP contribution in [-0.2, 0) is 21.4 Å². The lowest BCUT2D eigenvalue weighted by molar-refractivity contribution is -0.127. The van der Waals surface area contributed by atoms with Crippen LogP contribution in [0.15, 0.2) is 35.8 Å². The molecule has 0 saturated carbocycles. The van der Waals surface area contributed by atoms with Gasteiger partial charge in [-0.1, -0.05) is 49.4 Å². The molecule has 1 atom stereocenters. The van der Waals surface area contributed by atoms with Crippen LogP contribution in [0.4, 0.5) is 8.78 Å². The van der Waals surface area contributed by atoms with E-state index in [4.69, 9.17) is 0 Å². The molecule has 0 saturated heterocycles. The van der Waals surface area contributed by atoms with Gasteiger partial charge in [0.1, 0.15) is 22.7 Å². The summed E-state index contributed by atoms with van der Waals surface area (Å²) in [6, 6.07) is 1.89. The lowest BCUT2D eigenvalue weighted by Gasteiger charge is -2.18. The van der Waals surface area contributed by atoms with E-state index in [1.165, 1.54) is 0 Å². The fraction of sp³-hybridized carbons (Fsp3) is 0.429. The number of nitrogens with zero attached hydrogens (tertiary/aromatic N) is 3. The molecule has 1 heterocycles. The molecule has 2 aromatic rings. The van der Waals surface area contributed by atoms with E-state index < -0.39 is 34.9 Å². The molecular formula is C21H26F2N4O3S. The summed E-state index contributed by atoms with van der Waals surface area (Å²) in [5, 5.41) is 17.2. The SMILES string of the molecule is C=CCC(C)(C)c1nn(O)c(=NC(=O)C(CCC)NC(=O)Cc2cc(F)cc(F)c2)s1. The second kappa shape index (κ2) is 10.4. The highest BCUT2D eigenvalue weighted by molar-refractivity contribution is 7.09. The number of carbonyl (C=O) groups excluding carboxylic acids is 2. The fourth-order valence-corrected chi connectivity index (χ4v) is 3.84. The van der Waals surface area contributed by atoms with Crippen molar-refractivity contribution in [1.82, 2.24) is 15.3 Å². The van der Waals surface area contributed by atoms with Crippen LogP contribution in [0.1, 0.15) is 50.6 Å². The predicted octanol–water partition coefficient (Wildman–Crippen LogP) is 3.27. The minimum Gasteiger partial charge on any atom is -0.409 e. The highest BCUT2D eigenvalue weighted by atomic mass is 32.1. The summed E-state index contributed by atoms with van der Waals surface area (Å²) in [5.41, 5.74) is -0.246. The zero-order valence-electron chi connectivity index (χ0n) is 17.7. The molecule has 0 bridgehead atoms. The van der Waals surface area contributed by atoms with Gasteiger partial charge >= 0.3 is 0 Å². The maximum atomic E-state index is 13.3. The van der Waals surface area contributed by atoms with Crippen molar-refractivity contribution in [1.29, 1.82) is 0 Å². The van der Waals surface area contributed by atoms with E-state index in [0.29, 0.717) is 35.2 Å². The van der Waals surface area contributed by atoms with Crippen LogP contribution in [0.5, 0.6) is 0 Å². The van der Waals surface area contributed by atoms with Crippen molar-refractivity contribution in [3.05, 3.63) is 57.9 Å². The third-order valence-corrected chi connectivity index (χ3v) is 5.75. The van der Waals surface area contributed by atoms with Crippen molar-refractivity contribution in [2.24, 2.45) is 4.99 Å². The van der Waals surface area contributed by atoms with Crippen LogP contribution >= 0.6 is 11.3 Å². The first-order valence-corrected chi connectivity index (χ1v) is 10.6. The quantitative estimate of drug-likeness (QED) is 0.451. The summed E-state index contributed by atoms with van der Waals surface area (Å²) >= 11 is 1.07. The zero-order chi connectivity index (χ0) is 23.2. The first-order chi connectivity index (χ1) is 14.6. The average molecular weight is 453 g/mol. The number of allylic oxidation sites excluding steroid dienone is 1. The Hall–Kier alpha value is -2.88. The van der Waals surface area contributed by atoms with E-state index in [0.717, 1.165) is 23.5 Å². The van der Waals surface area contributed by atoms with Crippen molar-refractivity contribution in [2.75, 3.05) is 0 Å². The van der Waals surface area contributed by atoms with Crippen molar-refractivity contribution in [3.63, 3.8) is 0 Å². The van der Waals surface area contributed by atoms with Gasteiger partial charge in [0.05, 0.1) is 6.42 Å². The summed E-state index contributed by atoms with van der Waals surface area (Å²) in [6.07, 6.45) is 2.96. The maximum Gasteiger partial charge on any atom is 0.271 e. The summed E-state index contributed by atoms with van der Waals surface area (Å²) in [7, 11) is 0. The number of benzene rings is 1. The van der Waals surface area contributed by atoms with E-state index in [9.17, 15) is 23.6 Å². The third kappa shape index (κ3) is 6.81. The van der Waals surface area contributed by atoms with Crippen molar-refractivity contribution >= 4 is 23.2 Å².